The fourth-order valence-corrected chi connectivity index (χ4v) is 2.99. The van der Waals surface area contributed by atoms with E-state index in [1.807, 2.05) is 36.4 Å². The number of nitrogens with one attached hydrogen (secondary N) is 2. The molecule has 0 bridgehead atoms. The summed E-state index contributed by atoms with van der Waals surface area (Å²) in [4.78, 5) is 21.1. The van der Waals surface area contributed by atoms with Crippen LogP contribution in [0.5, 0.6) is 11.5 Å². The van der Waals surface area contributed by atoms with Crippen LogP contribution in [-0.2, 0) is 6.54 Å². The summed E-state index contributed by atoms with van der Waals surface area (Å²) in [5, 5.41) is 0.609. The monoisotopic (exact) mass is 354 g/mol. The summed E-state index contributed by atoms with van der Waals surface area (Å²) in [7, 11) is 5.36. The highest BCUT2D eigenvalue weighted by molar-refractivity contribution is 5.77. The van der Waals surface area contributed by atoms with Gasteiger partial charge in [0.05, 0.1) is 32.2 Å². The van der Waals surface area contributed by atoms with Crippen molar-refractivity contribution in [2.45, 2.75) is 19.5 Å². The van der Waals surface area contributed by atoms with Crippen molar-refractivity contribution in [1.82, 2.24) is 9.97 Å². The fraction of sp³-hybridized carbons (Fsp3) is 0.300. The normalized spacial score (nSPS) is 13.4. The third-order valence-corrected chi connectivity index (χ3v) is 4.74. The molecule has 3 rings (SSSR count). The van der Waals surface area contributed by atoms with Crippen molar-refractivity contribution in [2.24, 2.45) is 0 Å². The number of rotatable bonds is 6. The van der Waals surface area contributed by atoms with Crippen LogP contribution in [-0.4, -0.2) is 31.2 Å². The number of aromatic amines is 1. The molecular weight excluding hydrogens is 330 g/mol. The first-order valence-corrected chi connectivity index (χ1v) is 8.55. The van der Waals surface area contributed by atoms with E-state index in [1.54, 1.807) is 20.3 Å². The number of para-hydroxylation sites is 1. The number of quaternary nitrogens is 1. The van der Waals surface area contributed by atoms with Gasteiger partial charge in [-0.05, 0) is 31.2 Å². The van der Waals surface area contributed by atoms with Gasteiger partial charge < -0.3 is 19.4 Å². The lowest BCUT2D eigenvalue weighted by atomic mass is 10.1. The van der Waals surface area contributed by atoms with E-state index in [0.29, 0.717) is 16.7 Å². The highest BCUT2D eigenvalue weighted by Crippen LogP contribution is 2.24. The van der Waals surface area contributed by atoms with Crippen molar-refractivity contribution in [3.63, 3.8) is 0 Å². The van der Waals surface area contributed by atoms with E-state index < -0.39 is 0 Å². The molecule has 0 aliphatic heterocycles. The molecule has 1 unspecified atom stereocenters. The van der Waals surface area contributed by atoms with Gasteiger partial charge >= 0.3 is 0 Å². The Balaban J connectivity index is 1.86. The lowest BCUT2D eigenvalue weighted by Gasteiger charge is -2.22. The third-order valence-electron chi connectivity index (χ3n) is 4.74. The molecule has 0 radical (unpaired) electrons. The van der Waals surface area contributed by atoms with E-state index in [-0.39, 0.29) is 11.6 Å². The molecule has 0 saturated carbocycles. The first-order chi connectivity index (χ1) is 12.5. The molecule has 26 heavy (non-hydrogen) atoms. The van der Waals surface area contributed by atoms with Gasteiger partial charge in [0.15, 0.2) is 5.82 Å². The lowest BCUT2D eigenvalue weighted by molar-refractivity contribution is -0.924. The highest BCUT2D eigenvalue weighted by atomic mass is 16.5. The van der Waals surface area contributed by atoms with Gasteiger partial charge in [-0.2, -0.15) is 0 Å². The molecule has 0 aliphatic carbocycles. The van der Waals surface area contributed by atoms with E-state index in [2.05, 4.69) is 23.9 Å². The summed E-state index contributed by atoms with van der Waals surface area (Å²) in [6.07, 6.45) is 0. The zero-order valence-corrected chi connectivity index (χ0v) is 15.5. The van der Waals surface area contributed by atoms with E-state index in [1.165, 1.54) is 4.90 Å². The molecule has 0 fully saturated rings. The first kappa shape index (κ1) is 17.9. The molecule has 6 heteroatoms. The molecule has 6 nitrogen and oxygen atoms in total. The summed E-state index contributed by atoms with van der Waals surface area (Å²) in [6, 6.07) is 13.2. The molecular formula is C20H24N3O3+. The van der Waals surface area contributed by atoms with Gasteiger partial charge in [-0.15, -0.1) is 0 Å². The molecule has 2 aromatic carbocycles. The molecule has 0 saturated heterocycles. The van der Waals surface area contributed by atoms with Crippen molar-refractivity contribution in [1.29, 1.82) is 0 Å². The molecule has 0 spiro atoms. The number of aromatic nitrogens is 2. The number of nitrogens with zero attached hydrogens (tertiary/aromatic N) is 1. The maximum atomic E-state index is 12.3. The van der Waals surface area contributed by atoms with Crippen LogP contribution in [0.2, 0.25) is 0 Å². The standard InChI is InChI=1S/C20H23N3O3/c1-13(19-21-17-8-6-5-7-16(17)20(24)22-19)23(2)12-14-9-10-15(25-3)11-18(14)26-4/h5-11,13H,12H2,1-4H3,(H,21,22,24)/p+1/t13-/m1/s1. The Bertz CT molecular complexity index is 968. The maximum absolute atomic E-state index is 12.3. The van der Waals surface area contributed by atoms with Crippen LogP contribution in [0, 0.1) is 0 Å². The number of fused-ring (bicyclic) bond motifs is 1. The van der Waals surface area contributed by atoms with Crippen LogP contribution in [0.4, 0.5) is 0 Å². The van der Waals surface area contributed by atoms with E-state index >= 15 is 0 Å². The van der Waals surface area contributed by atoms with Crippen molar-refractivity contribution in [2.75, 3.05) is 21.3 Å². The van der Waals surface area contributed by atoms with Gasteiger partial charge in [-0.3, -0.25) is 4.79 Å². The number of hydrogen-bond acceptors (Lipinski definition) is 4. The summed E-state index contributed by atoms with van der Waals surface area (Å²) in [5.41, 5.74) is 1.68. The van der Waals surface area contributed by atoms with Gasteiger partial charge in [-0.1, -0.05) is 12.1 Å². The smallest absolute Gasteiger partial charge is 0.258 e. The molecule has 1 heterocycles. The van der Waals surface area contributed by atoms with Gasteiger partial charge in [-0.25, -0.2) is 4.98 Å². The zero-order valence-electron chi connectivity index (χ0n) is 15.5. The van der Waals surface area contributed by atoms with Crippen LogP contribution < -0.4 is 19.9 Å². The molecule has 136 valence electrons. The van der Waals surface area contributed by atoms with Crippen LogP contribution in [0.25, 0.3) is 10.9 Å². The fourth-order valence-electron chi connectivity index (χ4n) is 2.99. The summed E-state index contributed by atoms with van der Waals surface area (Å²) in [5.74, 6) is 2.23. The summed E-state index contributed by atoms with van der Waals surface area (Å²) in [6.45, 7) is 2.78. The predicted octanol–water partition coefficient (Wildman–Crippen LogP) is 1.72. The van der Waals surface area contributed by atoms with Crippen molar-refractivity contribution in [3.8, 4) is 11.5 Å². The van der Waals surface area contributed by atoms with Crippen LogP contribution >= 0.6 is 0 Å². The zero-order chi connectivity index (χ0) is 18.7. The van der Waals surface area contributed by atoms with E-state index in [4.69, 9.17) is 9.47 Å². The Morgan fingerprint density at radius 2 is 1.92 bits per heavy atom. The lowest BCUT2D eigenvalue weighted by Crippen LogP contribution is -3.07. The van der Waals surface area contributed by atoms with Crippen LogP contribution in [0.15, 0.2) is 47.3 Å². The molecule has 3 aromatic rings. The Morgan fingerprint density at radius 1 is 1.15 bits per heavy atom. The SMILES string of the molecule is COc1ccc(C[NH+](C)[C@H](C)c2nc3ccccc3c(=O)[nH]2)c(OC)c1. The van der Waals surface area contributed by atoms with Crippen molar-refractivity contribution < 1.29 is 14.4 Å². The summed E-state index contributed by atoms with van der Waals surface area (Å²) < 4.78 is 10.7. The topological polar surface area (TPSA) is 68.7 Å². The molecule has 0 aliphatic rings. The Kier molecular flexibility index (Phi) is 5.23. The largest absolute Gasteiger partial charge is 0.497 e. The quantitative estimate of drug-likeness (QED) is 0.707. The van der Waals surface area contributed by atoms with E-state index in [0.717, 1.165) is 23.6 Å². The van der Waals surface area contributed by atoms with Gasteiger partial charge in [0.25, 0.3) is 5.56 Å². The Hall–Kier alpha value is -2.86. The van der Waals surface area contributed by atoms with E-state index in [9.17, 15) is 4.79 Å². The number of methoxy groups -OCH3 is 2. The van der Waals surface area contributed by atoms with Gasteiger partial charge in [0.2, 0.25) is 0 Å². The second kappa shape index (κ2) is 7.58. The van der Waals surface area contributed by atoms with Crippen molar-refractivity contribution in [3.05, 3.63) is 64.2 Å². The maximum Gasteiger partial charge on any atom is 0.258 e. The average molecular weight is 354 g/mol. The minimum Gasteiger partial charge on any atom is -0.497 e. The second-order valence-corrected chi connectivity index (χ2v) is 6.39. The van der Waals surface area contributed by atoms with Crippen LogP contribution in [0.1, 0.15) is 24.4 Å². The summed E-state index contributed by atoms with van der Waals surface area (Å²) >= 11 is 0. The Morgan fingerprint density at radius 3 is 2.65 bits per heavy atom. The average Bonchev–Trinajstić information content (AvgIpc) is 2.67. The number of H-pyrrole nitrogens is 1. The number of ether oxygens (including phenoxy) is 2. The second-order valence-electron chi connectivity index (χ2n) is 6.39. The first-order valence-electron chi connectivity index (χ1n) is 8.55. The molecule has 0 amide bonds. The predicted molar refractivity (Wildman–Crippen MR) is 101 cm³/mol. The third kappa shape index (κ3) is 3.55. The number of benzene rings is 2. The van der Waals surface area contributed by atoms with Crippen molar-refractivity contribution >= 4 is 10.9 Å². The van der Waals surface area contributed by atoms with Gasteiger partial charge in [0, 0.05) is 11.6 Å². The minimum atomic E-state index is -0.104. The minimum absolute atomic E-state index is 0.0131. The number of hydrogen-bond donors (Lipinski definition) is 2. The molecule has 1 aromatic heterocycles. The van der Waals surface area contributed by atoms with Gasteiger partial charge in [0.1, 0.15) is 24.1 Å². The highest BCUT2D eigenvalue weighted by Gasteiger charge is 2.21. The Labute approximate surface area is 152 Å². The molecule has 2 N–H and O–H groups in total. The van der Waals surface area contributed by atoms with Crippen LogP contribution in [0.3, 0.4) is 0 Å². The molecule has 2 atom stereocenters.